The first-order valence-electron chi connectivity index (χ1n) is 7.14. The van der Waals surface area contributed by atoms with Crippen LogP contribution in [-0.4, -0.2) is 26.4 Å². The van der Waals surface area contributed by atoms with Crippen LogP contribution < -0.4 is 5.32 Å². The van der Waals surface area contributed by atoms with Gasteiger partial charge in [0.1, 0.15) is 11.1 Å². The second kappa shape index (κ2) is 7.70. The third-order valence-electron chi connectivity index (χ3n) is 3.29. The molecule has 9 heteroatoms. The molecule has 0 atom stereocenters. The maximum Gasteiger partial charge on any atom is 0.235 e. The van der Waals surface area contributed by atoms with Crippen molar-refractivity contribution in [3.63, 3.8) is 0 Å². The normalized spacial score (nSPS) is 10.4. The van der Waals surface area contributed by atoms with Gasteiger partial charge in [-0.15, -0.1) is 21.5 Å². The smallest absolute Gasteiger partial charge is 0.235 e. The lowest BCUT2D eigenvalue weighted by molar-refractivity contribution is -0.113. The first kappa shape index (κ1) is 17.5. The Hall–Kier alpha value is -2.34. The van der Waals surface area contributed by atoms with Crippen molar-refractivity contribution in [2.75, 3.05) is 11.1 Å². The number of nitrogens with one attached hydrogen (secondary N) is 1. The molecule has 1 N–H and O–H groups in total. The lowest BCUT2D eigenvalue weighted by Gasteiger charge is -2.05. The molecule has 3 aromatic rings. The molecule has 1 aromatic carbocycles. The molecular weight excluding hydrogens is 378 g/mol. The predicted molar refractivity (Wildman–Crippen MR) is 99.8 cm³/mol. The monoisotopic (exact) mass is 389 g/mol. The van der Waals surface area contributed by atoms with Crippen molar-refractivity contribution in [2.24, 2.45) is 7.05 Å². The molecule has 1 amide bonds. The van der Waals surface area contributed by atoms with E-state index in [1.807, 2.05) is 35.9 Å². The van der Waals surface area contributed by atoms with Gasteiger partial charge in [-0.05, 0) is 23.6 Å². The van der Waals surface area contributed by atoms with E-state index in [9.17, 15) is 4.79 Å². The van der Waals surface area contributed by atoms with Crippen molar-refractivity contribution >= 4 is 45.6 Å². The minimum absolute atomic E-state index is 0.171. The van der Waals surface area contributed by atoms with Crippen LogP contribution in [0.3, 0.4) is 0 Å². The zero-order chi connectivity index (χ0) is 17.8. The molecule has 0 aliphatic rings. The number of thioether (sulfide) groups is 1. The summed E-state index contributed by atoms with van der Waals surface area (Å²) < 4.78 is 1.81. The topological polar surface area (TPSA) is 83.6 Å². The summed E-state index contributed by atoms with van der Waals surface area (Å²) >= 11 is 8.61. The third-order valence-corrected chi connectivity index (χ3v) is 5.37. The highest BCUT2D eigenvalue weighted by atomic mass is 35.5. The number of carbonyl (C=O) groups excluding carboxylic acids is 1. The molecule has 0 fully saturated rings. The number of benzene rings is 1. The summed E-state index contributed by atoms with van der Waals surface area (Å²) in [5.41, 5.74) is 1.32. The summed E-state index contributed by atoms with van der Waals surface area (Å²) in [6.07, 6.45) is 0. The Kier molecular flexibility index (Phi) is 5.38. The lowest BCUT2D eigenvalue weighted by Crippen LogP contribution is -2.14. The largest absolute Gasteiger partial charge is 0.316 e. The van der Waals surface area contributed by atoms with Crippen molar-refractivity contribution in [2.45, 2.75) is 5.16 Å². The number of carbonyl (C=O) groups is 1. The fourth-order valence-electron chi connectivity index (χ4n) is 2.11. The van der Waals surface area contributed by atoms with Gasteiger partial charge in [-0.25, -0.2) is 0 Å². The molecule has 0 radical (unpaired) electrons. The van der Waals surface area contributed by atoms with Gasteiger partial charge in [0.05, 0.1) is 11.3 Å². The van der Waals surface area contributed by atoms with Gasteiger partial charge in [-0.1, -0.05) is 35.5 Å². The van der Waals surface area contributed by atoms with Crippen LogP contribution in [-0.2, 0) is 11.8 Å². The van der Waals surface area contributed by atoms with Crippen molar-refractivity contribution in [3.8, 4) is 17.5 Å². The molecule has 6 nitrogen and oxygen atoms in total. The molecule has 0 spiro atoms. The average Bonchev–Trinajstić information content (AvgIpc) is 3.19. The molecule has 3 rings (SSSR count). The number of thiophene rings is 1. The van der Waals surface area contributed by atoms with Crippen molar-refractivity contribution in [3.05, 3.63) is 46.3 Å². The van der Waals surface area contributed by atoms with Crippen LogP contribution in [0.4, 0.5) is 5.00 Å². The Morgan fingerprint density at radius 1 is 1.44 bits per heavy atom. The van der Waals surface area contributed by atoms with Crippen LogP contribution in [0, 0.1) is 11.3 Å². The van der Waals surface area contributed by atoms with Crippen molar-refractivity contribution in [1.82, 2.24) is 14.8 Å². The number of anilines is 1. The van der Waals surface area contributed by atoms with E-state index in [2.05, 4.69) is 15.5 Å². The number of aromatic nitrogens is 3. The first-order chi connectivity index (χ1) is 12.1. The zero-order valence-electron chi connectivity index (χ0n) is 13.1. The molecule has 0 saturated heterocycles. The molecule has 2 heterocycles. The average molecular weight is 390 g/mol. The van der Waals surface area contributed by atoms with Crippen LogP contribution in [0.5, 0.6) is 0 Å². The molecular formula is C16H12ClN5OS2. The highest BCUT2D eigenvalue weighted by Crippen LogP contribution is 2.26. The van der Waals surface area contributed by atoms with E-state index >= 15 is 0 Å². The van der Waals surface area contributed by atoms with Gasteiger partial charge in [-0.3, -0.25) is 4.79 Å². The summed E-state index contributed by atoms with van der Waals surface area (Å²) in [5.74, 6) is 0.649. The summed E-state index contributed by atoms with van der Waals surface area (Å²) in [6, 6.07) is 11.1. The number of nitrogens with zero attached hydrogens (tertiary/aromatic N) is 4. The van der Waals surface area contributed by atoms with E-state index in [1.165, 1.54) is 23.1 Å². The van der Waals surface area contributed by atoms with Gasteiger partial charge in [-0.2, -0.15) is 5.26 Å². The second-order valence-corrected chi connectivity index (χ2v) is 7.28. The molecule has 0 aliphatic heterocycles. The predicted octanol–water partition coefficient (Wildman–Crippen LogP) is 3.80. The van der Waals surface area contributed by atoms with Gasteiger partial charge >= 0.3 is 0 Å². The van der Waals surface area contributed by atoms with Gasteiger partial charge in [0, 0.05) is 17.6 Å². The Labute approximate surface area is 157 Å². The molecule has 126 valence electrons. The van der Waals surface area contributed by atoms with Crippen LogP contribution in [0.1, 0.15) is 5.56 Å². The standard InChI is InChI=1S/C16H12ClN5OS2/c1-22-14(10-3-2-4-12(17)7-10)20-21-16(22)25-9-13(23)19-15-11(8-18)5-6-24-15/h2-7H,9H2,1H3,(H,19,23). The van der Waals surface area contributed by atoms with Crippen LogP contribution >= 0.6 is 34.7 Å². The van der Waals surface area contributed by atoms with Crippen molar-refractivity contribution in [1.29, 1.82) is 5.26 Å². The van der Waals surface area contributed by atoms with Gasteiger partial charge in [0.15, 0.2) is 11.0 Å². The number of hydrogen-bond donors (Lipinski definition) is 1. The fourth-order valence-corrected chi connectivity index (χ4v) is 3.76. The Bertz CT molecular complexity index is 960. The van der Waals surface area contributed by atoms with Gasteiger partial charge in [0.25, 0.3) is 0 Å². The Morgan fingerprint density at radius 2 is 2.28 bits per heavy atom. The van der Waals surface area contributed by atoms with Crippen LogP contribution in [0.15, 0.2) is 40.9 Å². The maximum atomic E-state index is 12.1. The number of amides is 1. The highest BCUT2D eigenvalue weighted by Gasteiger charge is 2.14. The van der Waals surface area contributed by atoms with E-state index in [-0.39, 0.29) is 11.7 Å². The fraction of sp³-hybridized carbons (Fsp3) is 0.125. The first-order valence-corrected chi connectivity index (χ1v) is 9.38. The quantitative estimate of drug-likeness (QED) is 0.671. The summed E-state index contributed by atoms with van der Waals surface area (Å²) in [7, 11) is 1.84. The highest BCUT2D eigenvalue weighted by molar-refractivity contribution is 7.99. The molecule has 0 unspecified atom stereocenters. The van der Waals surface area contributed by atoms with Crippen LogP contribution in [0.25, 0.3) is 11.4 Å². The number of halogens is 1. The maximum absolute atomic E-state index is 12.1. The molecule has 0 bridgehead atoms. The van der Waals surface area contributed by atoms with Gasteiger partial charge < -0.3 is 9.88 Å². The summed E-state index contributed by atoms with van der Waals surface area (Å²) in [5, 5.41) is 23.6. The summed E-state index contributed by atoms with van der Waals surface area (Å²) in [6.45, 7) is 0. The van der Waals surface area contributed by atoms with E-state index in [0.29, 0.717) is 26.6 Å². The number of rotatable bonds is 5. The summed E-state index contributed by atoms with van der Waals surface area (Å²) in [4.78, 5) is 12.1. The Morgan fingerprint density at radius 3 is 3.04 bits per heavy atom. The van der Waals surface area contributed by atoms with Crippen LogP contribution in [0.2, 0.25) is 5.02 Å². The third kappa shape index (κ3) is 4.02. The van der Waals surface area contributed by atoms with E-state index < -0.39 is 0 Å². The minimum atomic E-state index is -0.198. The van der Waals surface area contributed by atoms with Gasteiger partial charge in [0.2, 0.25) is 5.91 Å². The second-order valence-electron chi connectivity index (χ2n) is 4.99. The molecule has 0 aliphatic carbocycles. The Balaban J connectivity index is 1.66. The lowest BCUT2D eigenvalue weighted by atomic mass is 10.2. The zero-order valence-corrected chi connectivity index (χ0v) is 15.5. The number of nitriles is 1. The minimum Gasteiger partial charge on any atom is -0.316 e. The van der Waals surface area contributed by atoms with E-state index in [0.717, 1.165) is 5.56 Å². The number of hydrogen-bond acceptors (Lipinski definition) is 6. The molecule has 2 aromatic heterocycles. The molecule has 25 heavy (non-hydrogen) atoms. The van der Waals surface area contributed by atoms with Crippen molar-refractivity contribution < 1.29 is 4.79 Å². The molecule has 0 saturated carbocycles. The van der Waals surface area contributed by atoms with E-state index in [4.69, 9.17) is 16.9 Å². The SMILES string of the molecule is Cn1c(SCC(=O)Nc2sccc2C#N)nnc1-c1cccc(Cl)c1. The van der Waals surface area contributed by atoms with E-state index in [1.54, 1.807) is 17.5 Å².